The van der Waals surface area contributed by atoms with E-state index in [9.17, 15) is 36.0 Å². The number of ether oxygens (including phenoxy) is 2. The molecule has 0 spiro atoms. The van der Waals surface area contributed by atoms with Gasteiger partial charge in [-0.15, -0.1) is 0 Å². The van der Waals surface area contributed by atoms with Gasteiger partial charge in [-0.05, 0) is 48.6 Å². The van der Waals surface area contributed by atoms with Crippen LogP contribution in [0.25, 0.3) is 11.1 Å². The minimum atomic E-state index is -6.06. The number of methoxy groups -OCH3 is 2. The third-order valence-electron chi connectivity index (χ3n) is 4.99. The molecule has 0 saturated heterocycles. The molecule has 1 heterocycles. The smallest absolute Gasteiger partial charge is 0.493 e. The van der Waals surface area contributed by atoms with Crippen LogP contribution in [0.2, 0.25) is 0 Å². The highest BCUT2D eigenvalue weighted by atomic mass is 32.2. The number of carbonyl (C=O) groups excluding carboxylic acids is 3. The second-order valence-electron chi connectivity index (χ2n) is 7.43. The molecule has 2 aromatic rings. The van der Waals surface area contributed by atoms with Gasteiger partial charge in [0.25, 0.3) is 5.91 Å². The Bertz CT molecular complexity index is 1270. The molecule has 0 aliphatic heterocycles. The maximum absolute atomic E-state index is 12.8. The molecule has 1 aliphatic rings. The summed E-state index contributed by atoms with van der Waals surface area (Å²) in [5.41, 5.74) is -6.64. The summed E-state index contributed by atoms with van der Waals surface area (Å²) < 4.78 is 74.9. The second-order valence-corrected chi connectivity index (χ2v) is 8.97. The Labute approximate surface area is 197 Å². The number of esters is 1. The Hall–Kier alpha value is -3.68. The van der Waals surface area contributed by atoms with Crippen LogP contribution < -0.4 is 14.2 Å². The van der Waals surface area contributed by atoms with E-state index in [-0.39, 0.29) is 34.4 Å². The van der Waals surface area contributed by atoms with Gasteiger partial charge in [0.05, 0.1) is 14.2 Å². The standard InChI is InChI=1S/C21H19F3N2O8S/c1-32-16-8-14(12(10-27)7-17(16)34-35(30,31)21(22,23)24)13-5-6-15(26-18(13)20(29)33-2)19(28)25-9-11-3-4-11/h5-8,10-11H,3-4,9H2,1-2H3,(H,25,28). The lowest BCUT2D eigenvalue weighted by Gasteiger charge is -2.16. The normalized spacial score (nSPS) is 13.6. The minimum absolute atomic E-state index is 0.0266. The summed E-state index contributed by atoms with van der Waals surface area (Å²) in [6, 6.07) is 4.28. The topological polar surface area (TPSA) is 138 Å². The number of pyridine rings is 1. The molecule has 14 heteroatoms. The van der Waals surface area contributed by atoms with Crippen molar-refractivity contribution in [1.29, 1.82) is 0 Å². The van der Waals surface area contributed by atoms with Gasteiger partial charge in [-0.25, -0.2) is 9.78 Å². The molecule has 0 atom stereocenters. The van der Waals surface area contributed by atoms with Gasteiger partial charge >= 0.3 is 21.6 Å². The molecule has 1 saturated carbocycles. The molecule has 0 unspecified atom stereocenters. The summed E-state index contributed by atoms with van der Waals surface area (Å²) in [5, 5.41) is 2.69. The van der Waals surface area contributed by atoms with E-state index in [1.54, 1.807) is 0 Å². The van der Waals surface area contributed by atoms with Crippen LogP contribution in [-0.2, 0) is 14.9 Å². The van der Waals surface area contributed by atoms with Crippen molar-refractivity contribution in [3.05, 3.63) is 41.2 Å². The molecule has 1 aromatic heterocycles. The quantitative estimate of drug-likeness (QED) is 0.231. The first kappa shape index (κ1) is 25.9. The number of alkyl halides is 3. The molecule has 1 amide bonds. The van der Waals surface area contributed by atoms with Gasteiger partial charge in [0.1, 0.15) is 5.69 Å². The summed E-state index contributed by atoms with van der Waals surface area (Å²) in [4.78, 5) is 40.6. The Balaban J connectivity index is 2.09. The largest absolute Gasteiger partial charge is 0.534 e. The fourth-order valence-corrected chi connectivity index (χ4v) is 3.46. The van der Waals surface area contributed by atoms with Crippen LogP contribution in [0.3, 0.4) is 0 Å². The highest BCUT2D eigenvalue weighted by Gasteiger charge is 2.49. The number of nitrogens with zero attached hydrogens (tertiary/aromatic N) is 1. The van der Waals surface area contributed by atoms with Crippen molar-refractivity contribution < 1.29 is 49.6 Å². The average molecular weight is 516 g/mol. The van der Waals surface area contributed by atoms with Crippen molar-refractivity contribution in [2.24, 2.45) is 5.92 Å². The first-order valence-electron chi connectivity index (χ1n) is 9.97. The summed E-state index contributed by atoms with van der Waals surface area (Å²) >= 11 is 0. The maximum atomic E-state index is 12.8. The Kier molecular flexibility index (Phi) is 7.33. The lowest BCUT2D eigenvalue weighted by atomic mass is 9.97. The molecule has 35 heavy (non-hydrogen) atoms. The van der Waals surface area contributed by atoms with E-state index >= 15 is 0 Å². The highest BCUT2D eigenvalue weighted by Crippen LogP contribution is 2.39. The van der Waals surface area contributed by atoms with Crippen molar-refractivity contribution in [3.8, 4) is 22.6 Å². The molecular formula is C21H19F3N2O8S. The van der Waals surface area contributed by atoms with Gasteiger partial charge in [-0.2, -0.15) is 21.6 Å². The first-order valence-corrected chi connectivity index (χ1v) is 11.4. The van der Waals surface area contributed by atoms with Crippen LogP contribution in [0.5, 0.6) is 11.5 Å². The van der Waals surface area contributed by atoms with E-state index < -0.39 is 39.0 Å². The summed E-state index contributed by atoms with van der Waals surface area (Å²) in [6.07, 6.45) is 2.21. The van der Waals surface area contributed by atoms with Gasteiger partial charge in [-0.1, -0.05) is 0 Å². The number of rotatable bonds is 9. The number of carbonyl (C=O) groups is 3. The maximum Gasteiger partial charge on any atom is 0.534 e. The van der Waals surface area contributed by atoms with E-state index in [4.69, 9.17) is 9.47 Å². The van der Waals surface area contributed by atoms with Crippen LogP contribution in [0, 0.1) is 5.92 Å². The fraction of sp³-hybridized carbons (Fsp3) is 0.333. The number of halogens is 3. The number of benzene rings is 1. The number of aldehydes is 1. The van der Waals surface area contributed by atoms with Gasteiger partial charge in [0.2, 0.25) is 0 Å². The summed E-state index contributed by atoms with van der Waals surface area (Å²) in [6.45, 7) is 0.449. The van der Waals surface area contributed by atoms with Gasteiger partial charge in [0.15, 0.2) is 23.5 Å². The van der Waals surface area contributed by atoms with Gasteiger partial charge in [-0.3, -0.25) is 9.59 Å². The molecule has 0 radical (unpaired) electrons. The lowest BCUT2D eigenvalue weighted by Crippen LogP contribution is -2.28. The number of amides is 1. The van der Waals surface area contributed by atoms with Crippen LogP contribution in [0.4, 0.5) is 13.2 Å². The van der Waals surface area contributed by atoms with Crippen molar-refractivity contribution in [1.82, 2.24) is 10.3 Å². The van der Waals surface area contributed by atoms with Crippen LogP contribution >= 0.6 is 0 Å². The second kappa shape index (κ2) is 9.90. The van der Waals surface area contributed by atoms with Crippen LogP contribution in [-0.4, -0.2) is 57.8 Å². The van der Waals surface area contributed by atoms with Crippen molar-refractivity contribution >= 4 is 28.3 Å². The predicted octanol–water partition coefficient (Wildman–Crippen LogP) is 2.72. The number of aromatic nitrogens is 1. The highest BCUT2D eigenvalue weighted by molar-refractivity contribution is 7.88. The molecule has 1 aliphatic carbocycles. The van der Waals surface area contributed by atoms with E-state index in [0.29, 0.717) is 18.5 Å². The number of hydrogen-bond acceptors (Lipinski definition) is 9. The third-order valence-corrected chi connectivity index (χ3v) is 5.96. The van der Waals surface area contributed by atoms with Gasteiger partial charge < -0.3 is 19.0 Å². The van der Waals surface area contributed by atoms with E-state index in [2.05, 4.69) is 14.5 Å². The molecule has 0 bridgehead atoms. The van der Waals surface area contributed by atoms with Crippen LogP contribution in [0.15, 0.2) is 24.3 Å². The molecule has 188 valence electrons. The van der Waals surface area contributed by atoms with Crippen molar-refractivity contribution in [2.75, 3.05) is 20.8 Å². The van der Waals surface area contributed by atoms with E-state index in [1.807, 2.05) is 0 Å². The molecule has 10 nitrogen and oxygen atoms in total. The first-order chi connectivity index (χ1) is 16.4. The zero-order chi connectivity index (χ0) is 26.0. The Morgan fingerprint density at radius 1 is 1.14 bits per heavy atom. The zero-order valence-electron chi connectivity index (χ0n) is 18.3. The average Bonchev–Trinajstić information content (AvgIpc) is 3.65. The SMILES string of the molecule is COC(=O)c1nc(C(=O)NCC2CC2)ccc1-c1cc(OC)c(OS(=O)(=O)C(F)(F)F)cc1C=O. The third kappa shape index (κ3) is 5.70. The molecule has 3 rings (SSSR count). The van der Waals surface area contributed by atoms with Crippen molar-refractivity contribution in [3.63, 3.8) is 0 Å². The van der Waals surface area contributed by atoms with Gasteiger partial charge in [0, 0.05) is 17.7 Å². The Morgan fingerprint density at radius 3 is 2.37 bits per heavy atom. The molecule has 1 fully saturated rings. The Morgan fingerprint density at radius 2 is 1.83 bits per heavy atom. The minimum Gasteiger partial charge on any atom is -0.493 e. The monoisotopic (exact) mass is 516 g/mol. The molecular weight excluding hydrogens is 497 g/mol. The predicted molar refractivity (Wildman–Crippen MR) is 114 cm³/mol. The zero-order valence-corrected chi connectivity index (χ0v) is 19.2. The number of hydrogen-bond donors (Lipinski definition) is 1. The fourth-order valence-electron chi connectivity index (χ4n) is 3.00. The molecule has 1 aromatic carbocycles. The van der Waals surface area contributed by atoms with E-state index in [1.165, 1.54) is 12.1 Å². The van der Waals surface area contributed by atoms with Crippen LogP contribution in [0.1, 0.15) is 44.2 Å². The summed E-state index contributed by atoms with van der Waals surface area (Å²) in [7, 11) is -3.97. The van der Waals surface area contributed by atoms with Crippen molar-refractivity contribution in [2.45, 2.75) is 18.3 Å². The van der Waals surface area contributed by atoms with E-state index in [0.717, 1.165) is 33.1 Å². The molecule has 1 N–H and O–H groups in total. The number of nitrogens with one attached hydrogen (secondary N) is 1. The summed E-state index contributed by atoms with van der Waals surface area (Å²) in [5.74, 6) is -2.50. The lowest BCUT2D eigenvalue weighted by molar-refractivity contribution is -0.0500.